The van der Waals surface area contributed by atoms with E-state index in [-0.39, 0.29) is 29.9 Å². The second-order valence-corrected chi connectivity index (χ2v) is 7.14. The fourth-order valence-corrected chi connectivity index (χ4v) is 3.88. The summed E-state index contributed by atoms with van der Waals surface area (Å²) in [6.45, 7) is 0.238. The number of ether oxygens (including phenoxy) is 1. The first-order valence-corrected chi connectivity index (χ1v) is 9.16. The van der Waals surface area contributed by atoms with Gasteiger partial charge in [-0.1, -0.05) is 0 Å². The maximum absolute atomic E-state index is 14.0. The van der Waals surface area contributed by atoms with Crippen LogP contribution in [0.5, 0.6) is 0 Å². The highest BCUT2D eigenvalue weighted by atomic mass is 19.2. The van der Waals surface area contributed by atoms with Crippen LogP contribution in [0.2, 0.25) is 0 Å². The van der Waals surface area contributed by atoms with Gasteiger partial charge in [0, 0.05) is 23.9 Å². The van der Waals surface area contributed by atoms with Crippen molar-refractivity contribution >= 4 is 27.8 Å². The van der Waals surface area contributed by atoms with Crippen molar-refractivity contribution in [2.45, 2.75) is 12.6 Å². The van der Waals surface area contributed by atoms with Crippen molar-refractivity contribution in [2.24, 2.45) is 0 Å². The maximum Gasteiger partial charge on any atom is 0.256 e. The molecule has 30 heavy (non-hydrogen) atoms. The number of rotatable bonds is 2. The third kappa shape index (κ3) is 2.78. The first-order chi connectivity index (χ1) is 14.4. The number of pyridine rings is 1. The summed E-state index contributed by atoms with van der Waals surface area (Å²) in [5.74, 6) is -2.50. The van der Waals surface area contributed by atoms with E-state index in [1.165, 1.54) is 11.3 Å². The third-order valence-corrected chi connectivity index (χ3v) is 5.41. The second-order valence-electron chi connectivity index (χ2n) is 7.14. The van der Waals surface area contributed by atoms with Crippen LogP contribution in [0.3, 0.4) is 0 Å². The van der Waals surface area contributed by atoms with Gasteiger partial charge < -0.3 is 19.0 Å². The van der Waals surface area contributed by atoms with Crippen molar-refractivity contribution in [3.63, 3.8) is 0 Å². The van der Waals surface area contributed by atoms with E-state index in [0.717, 1.165) is 12.1 Å². The molecule has 1 aliphatic heterocycles. The van der Waals surface area contributed by atoms with E-state index in [2.05, 4.69) is 9.97 Å². The average molecular weight is 411 g/mol. The molecular weight excluding hydrogens is 396 g/mol. The quantitative estimate of drug-likeness (QED) is 0.547. The van der Waals surface area contributed by atoms with Gasteiger partial charge in [-0.2, -0.15) is 0 Å². The number of amides is 1. The molecule has 7 nitrogen and oxygen atoms in total. The van der Waals surface area contributed by atoms with E-state index in [4.69, 9.17) is 9.15 Å². The number of hydrogen-bond donors (Lipinski definition) is 1. The van der Waals surface area contributed by atoms with Crippen LogP contribution in [0.25, 0.3) is 21.9 Å². The van der Waals surface area contributed by atoms with Gasteiger partial charge in [0.1, 0.15) is 5.52 Å². The number of nitrogens with one attached hydrogen (secondary N) is 1. The predicted octanol–water partition coefficient (Wildman–Crippen LogP) is 3.29. The molecule has 0 unspecified atom stereocenters. The van der Waals surface area contributed by atoms with Gasteiger partial charge in [0.15, 0.2) is 23.6 Å². The number of aromatic amines is 1. The number of fused-ring (bicyclic) bond motifs is 4. The zero-order valence-electron chi connectivity index (χ0n) is 15.7. The molecule has 0 fully saturated rings. The van der Waals surface area contributed by atoms with E-state index in [9.17, 15) is 18.4 Å². The second kappa shape index (κ2) is 6.74. The number of H-pyrrole nitrogens is 1. The lowest BCUT2D eigenvalue weighted by atomic mass is 9.95. The molecule has 152 valence electrons. The predicted molar refractivity (Wildman–Crippen MR) is 103 cm³/mol. The first kappa shape index (κ1) is 18.4. The van der Waals surface area contributed by atoms with Gasteiger partial charge in [-0.15, -0.1) is 0 Å². The van der Waals surface area contributed by atoms with Gasteiger partial charge >= 0.3 is 0 Å². The summed E-state index contributed by atoms with van der Waals surface area (Å²) in [6, 6.07) is 6.15. The monoisotopic (exact) mass is 411 g/mol. The molecule has 1 N–H and O–H groups in total. The maximum atomic E-state index is 14.0. The minimum absolute atomic E-state index is 0.0171. The van der Waals surface area contributed by atoms with Crippen molar-refractivity contribution in [1.82, 2.24) is 14.9 Å². The third-order valence-electron chi connectivity index (χ3n) is 5.41. The summed E-state index contributed by atoms with van der Waals surface area (Å²) in [5.41, 5.74) is 1.89. The van der Waals surface area contributed by atoms with Gasteiger partial charge in [-0.05, 0) is 35.7 Å². The van der Waals surface area contributed by atoms with E-state index in [1.807, 2.05) is 0 Å². The molecule has 0 bridgehead atoms. The van der Waals surface area contributed by atoms with Crippen molar-refractivity contribution in [2.75, 3.05) is 13.7 Å². The van der Waals surface area contributed by atoms with Crippen LogP contribution in [-0.4, -0.2) is 34.4 Å². The largest absolute Gasteiger partial charge is 0.443 e. The molecule has 1 aliphatic rings. The molecule has 5 rings (SSSR count). The van der Waals surface area contributed by atoms with Gasteiger partial charge in [0.05, 0.1) is 24.6 Å². The number of nitrogens with zero attached hydrogens (tertiary/aromatic N) is 2. The van der Waals surface area contributed by atoms with Gasteiger partial charge in [0.2, 0.25) is 0 Å². The van der Waals surface area contributed by atoms with Crippen LogP contribution in [0.4, 0.5) is 8.78 Å². The zero-order chi connectivity index (χ0) is 21.0. The smallest absolute Gasteiger partial charge is 0.256 e. The number of carbonyl (C=O) groups is 1. The Morgan fingerprint density at radius 3 is 2.77 bits per heavy atom. The SMILES string of the molecule is CN(C(=O)c1ccc2ncoc2c1)[C@H]1COCc2[nH]c(=O)c3cc(F)c(F)cc3c21. The minimum Gasteiger partial charge on any atom is -0.443 e. The van der Waals surface area contributed by atoms with Crippen LogP contribution in [0, 0.1) is 11.6 Å². The summed E-state index contributed by atoms with van der Waals surface area (Å²) < 4.78 is 38.6. The van der Waals surface area contributed by atoms with E-state index in [1.54, 1.807) is 25.2 Å². The summed E-state index contributed by atoms with van der Waals surface area (Å²) in [5, 5.41) is 0.273. The standard InChI is InChI=1S/C21H15F2N3O4/c1-26(21(28)10-2-3-15-18(4-10)30-9-24-15)17-8-29-7-16-19(17)11-5-13(22)14(23)6-12(11)20(27)25-16/h2-6,9,17H,7-8H2,1H3,(H,25,27)/t17-/m0/s1. The number of benzene rings is 2. The molecule has 2 aromatic heterocycles. The number of likely N-dealkylation sites (N-methyl/N-ethyl adjacent to an activating group) is 1. The highest BCUT2D eigenvalue weighted by Crippen LogP contribution is 2.34. The fraction of sp³-hybridized carbons (Fsp3) is 0.190. The van der Waals surface area contributed by atoms with E-state index < -0.39 is 23.2 Å². The van der Waals surface area contributed by atoms with Crippen LogP contribution in [-0.2, 0) is 11.3 Å². The molecule has 1 amide bonds. The van der Waals surface area contributed by atoms with Gasteiger partial charge in [-0.3, -0.25) is 9.59 Å². The molecular formula is C21H15F2N3O4. The van der Waals surface area contributed by atoms with Gasteiger partial charge in [-0.25, -0.2) is 13.8 Å². The normalized spacial score (nSPS) is 16.0. The Bertz CT molecular complexity index is 1380. The van der Waals surface area contributed by atoms with Crippen molar-refractivity contribution < 1.29 is 22.7 Å². The molecule has 0 aliphatic carbocycles. The molecule has 0 saturated carbocycles. The number of oxazole rings is 1. The summed E-state index contributed by atoms with van der Waals surface area (Å²) in [4.78, 5) is 33.6. The summed E-state index contributed by atoms with van der Waals surface area (Å²) in [6.07, 6.45) is 1.30. The van der Waals surface area contributed by atoms with Gasteiger partial charge in [0.25, 0.3) is 11.5 Å². The fourth-order valence-electron chi connectivity index (χ4n) is 3.88. The number of carbonyl (C=O) groups excluding carboxylic acids is 1. The molecule has 0 radical (unpaired) electrons. The van der Waals surface area contributed by atoms with Crippen LogP contribution in [0.1, 0.15) is 27.7 Å². The Labute approximate surface area is 167 Å². The van der Waals surface area contributed by atoms with Crippen molar-refractivity contribution in [3.8, 4) is 0 Å². The highest BCUT2D eigenvalue weighted by Gasteiger charge is 2.31. The first-order valence-electron chi connectivity index (χ1n) is 9.16. The highest BCUT2D eigenvalue weighted by molar-refractivity contribution is 5.97. The van der Waals surface area contributed by atoms with E-state index in [0.29, 0.717) is 27.9 Å². The Morgan fingerprint density at radius 1 is 1.20 bits per heavy atom. The Hall–Kier alpha value is -3.59. The molecule has 9 heteroatoms. The summed E-state index contributed by atoms with van der Waals surface area (Å²) in [7, 11) is 1.59. The Balaban J connectivity index is 1.62. The lowest BCUT2D eigenvalue weighted by Gasteiger charge is -2.33. The molecule has 2 aromatic carbocycles. The minimum atomic E-state index is -1.11. The number of hydrogen-bond acceptors (Lipinski definition) is 5. The Morgan fingerprint density at radius 2 is 1.97 bits per heavy atom. The Kier molecular flexibility index (Phi) is 4.14. The molecule has 4 aromatic rings. The average Bonchev–Trinajstić information content (AvgIpc) is 3.21. The van der Waals surface area contributed by atoms with E-state index >= 15 is 0 Å². The number of halogens is 2. The molecule has 1 atom stereocenters. The number of aromatic nitrogens is 2. The lowest BCUT2D eigenvalue weighted by molar-refractivity contribution is 0.0335. The van der Waals surface area contributed by atoms with Crippen LogP contribution in [0.15, 0.2) is 45.9 Å². The van der Waals surface area contributed by atoms with Crippen molar-refractivity contribution in [1.29, 1.82) is 0 Å². The summed E-state index contributed by atoms with van der Waals surface area (Å²) >= 11 is 0. The van der Waals surface area contributed by atoms with Crippen molar-refractivity contribution in [3.05, 3.63) is 75.5 Å². The molecule has 0 spiro atoms. The van der Waals surface area contributed by atoms with Crippen LogP contribution < -0.4 is 5.56 Å². The zero-order valence-corrected chi connectivity index (χ0v) is 15.7. The molecule has 3 heterocycles. The molecule has 0 saturated heterocycles. The topological polar surface area (TPSA) is 88.4 Å². The lowest BCUT2D eigenvalue weighted by Crippen LogP contribution is -2.37. The van der Waals surface area contributed by atoms with Crippen LogP contribution >= 0.6 is 0 Å².